The molecule has 156 valence electrons. The monoisotopic (exact) mass is 439 g/mol. The fourth-order valence-corrected chi connectivity index (χ4v) is 5.23. The van der Waals surface area contributed by atoms with Crippen LogP contribution in [0.4, 0.5) is 11.4 Å². The summed E-state index contributed by atoms with van der Waals surface area (Å²) in [6.45, 7) is 0. The lowest BCUT2D eigenvalue weighted by Crippen LogP contribution is -2.16. The molecule has 0 atom stereocenters. The largest absolute Gasteiger partial charge is 0.381 e. The fraction of sp³-hybridized carbons (Fsp3) is 0. The van der Waals surface area contributed by atoms with Gasteiger partial charge in [0.25, 0.3) is 10.0 Å². The molecule has 0 saturated carbocycles. The second kappa shape index (κ2) is 6.96. The molecule has 0 fully saturated rings. The summed E-state index contributed by atoms with van der Waals surface area (Å²) in [7, 11) is -3.82. The van der Waals surface area contributed by atoms with Crippen molar-refractivity contribution in [2.45, 2.75) is 4.90 Å². The van der Waals surface area contributed by atoms with Gasteiger partial charge in [-0.05, 0) is 35.0 Å². The highest BCUT2D eigenvalue weighted by atomic mass is 32.2. The van der Waals surface area contributed by atoms with Crippen LogP contribution in [0.1, 0.15) is 0 Å². The zero-order valence-corrected chi connectivity index (χ0v) is 17.6. The molecular formula is C25H17N3O3S. The van der Waals surface area contributed by atoms with Crippen LogP contribution in [0.2, 0.25) is 0 Å². The summed E-state index contributed by atoms with van der Waals surface area (Å²) in [4.78, 5) is 9.93. The Morgan fingerprint density at radius 2 is 1.62 bits per heavy atom. The van der Waals surface area contributed by atoms with Gasteiger partial charge in [0, 0.05) is 34.3 Å². The van der Waals surface area contributed by atoms with Crippen LogP contribution in [-0.2, 0) is 10.0 Å². The minimum Gasteiger partial charge on any atom is -0.381 e. The Morgan fingerprint density at radius 3 is 2.44 bits per heavy atom. The maximum atomic E-state index is 13.1. The molecule has 6 nitrogen and oxygen atoms in total. The Morgan fingerprint density at radius 1 is 0.844 bits per heavy atom. The van der Waals surface area contributed by atoms with Gasteiger partial charge >= 0.3 is 0 Å². The Kier molecular flexibility index (Phi) is 4.06. The van der Waals surface area contributed by atoms with Crippen molar-refractivity contribution in [3.05, 3.63) is 91.3 Å². The van der Waals surface area contributed by atoms with Gasteiger partial charge in [0.1, 0.15) is 4.90 Å². The fourth-order valence-electron chi connectivity index (χ4n) is 4.20. The topological polar surface area (TPSA) is 80.3 Å². The normalized spacial score (nSPS) is 12.5. The molecule has 1 aliphatic rings. The van der Waals surface area contributed by atoms with E-state index in [1.807, 2.05) is 66.7 Å². The van der Waals surface area contributed by atoms with Crippen LogP contribution in [0.15, 0.2) is 96.2 Å². The van der Waals surface area contributed by atoms with Gasteiger partial charge in [-0.25, -0.2) is 13.9 Å². The number of anilines is 2. The van der Waals surface area contributed by atoms with E-state index in [9.17, 15) is 8.42 Å². The van der Waals surface area contributed by atoms with Gasteiger partial charge in [-0.3, -0.25) is 9.71 Å². The third kappa shape index (κ3) is 2.86. The van der Waals surface area contributed by atoms with Crippen LogP contribution >= 0.6 is 0 Å². The zero-order chi connectivity index (χ0) is 21.7. The molecule has 1 aromatic heterocycles. The van der Waals surface area contributed by atoms with E-state index in [4.69, 9.17) is 4.84 Å². The summed E-state index contributed by atoms with van der Waals surface area (Å²) >= 11 is 0. The predicted octanol–water partition coefficient (Wildman–Crippen LogP) is 5.58. The van der Waals surface area contributed by atoms with Crippen molar-refractivity contribution in [3.8, 4) is 16.9 Å². The second-order valence-electron chi connectivity index (χ2n) is 7.55. The zero-order valence-electron chi connectivity index (χ0n) is 16.7. The van der Waals surface area contributed by atoms with Crippen molar-refractivity contribution in [2.75, 3.05) is 10.2 Å². The summed E-state index contributed by atoms with van der Waals surface area (Å²) in [5.74, 6) is 0.688. The van der Waals surface area contributed by atoms with E-state index in [1.54, 1.807) is 12.3 Å². The lowest BCUT2D eigenvalue weighted by Gasteiger charge is -2.25. The minimum absolute atomic E-state index is 0.106. The summed E-state index contributed by atoms with van der Waals surface area (Å²) in [5, 5.41) is 3.73. The molecule has 0 radical (unpaired) electrons. The van der Waals surface area contributed by atoms with E-state index >= 15 is 0 Å². The van der Waals surface area contributed by atoms with E-state index in [2.05, 4.69) is 15.2 Å². The van der Waals surface area contributed by atoms with Gasteiger partial charge in [0.2, 0.25) is 0 Å². The Bertz CT molecular complexity index is 1620. The van der Waals surface area contributed by atoms with Crippen LogP contribution in [0.25, 0.3) is 32.7 Å². The minimum atomic E-state index is -3.82. The molecule has 0 unspecified atom stereocenters. The number of benzene rings is 4. The van der Waals surface area contributed by atoms with Crippen molar-refractivity contribution >= 4 is 42.9 Å². The smallest absolute Gasteiger partial charge is 0.263 e. The SMILES string of the molecule is O=S(=O)(Nc1cc2c(c3ccccc13)NOc1ccc3ccccc3c1-2)c1cccnc1. The van der Waals surface area contributed by atoms with Crippen molar-refractivity contribution in [1.82, 2.24) is 4.98 Å². The van der Waals surface area contributed by atoms with E-state index < -0.39 is 10.0 Å². The number of nitrogens with one attached hydrogen (secondary N) is 2. The third-order valence-electron chi connectivity index (χ3n) is 5.66. The summed E-state index contributed by atoms with van der Waals surface area (Å²) in [6.07, 6.45) is 2.88. The number of pyridine rings is 1. The molecule has 7 heteroatoms. The van der Waals surface area contributed by atoms with Gasteiger partial charge in [-0.15, -0.1) is 0 Å². The average Bonchev–Trinajstić information content (AvgIpc) is 2.84. The lowest BCUT2D eigenvalue weighted by molar-refractivity contribution is 0.404. The first-order valence-corrected chi connectivity index (χ1v) is 11.5. The van der Waals surface area contributed by atoms with E-state index in [0.717, 1.165) is 38.4 Å². The number of hydrogen-bond donors (Lipinski definition) is 2. The molecule has 2 heterocycles. The standard InChI is InChI=1S/C25H17N3O3S/c29-32(30,17-7-5-13-26-15-17)28-22-14-21-24-18-8-2-1-6-16(18)11-12-23(24)31-27-25(21)20-10-4-3-9-19(20)22/h1-15,27-28H. The highest BCUT2D eigenvalue weighted by molar-refractivity contribution is 7.92. The van der Waals surface area contributed by atoms with Crippen LogP contribution in [0.3, 0.4) is 0 Å². The predicted molar refractivity (Wildman–Crippen MR) is 126 cm³/mol. The molecule has 0 bridgehead atoms. The molecule has 1 aliphatic heterocycles. The Labute approximate surface area is 184 Å². The molecule has 0 spiro atoms. The Hall–Kier alpha value is -4.10. The summed E-state index contributed by atoms with van der Waals surface area (Å²) in [5.41, 5.74) is 6.14. The van der Waals surface area contributed by atoms with Crippen LogP contribution in [0, 0.1) is 0 Å². The van der Waals surface area contributed by atoms with Crippen molar-refractivity contribution in [2.24, 2.45) is 0 Å². The van der Waals surface area contributed by atoms with Crippen molar-refractivity contribution in [1.29, 1.82) is 0 Å². The number of nitrogens with zero attached hydrogens (tertiary/aromatic N) is 1. The molecule has 2 N–H and O–H groups in total. The number of fused-ring (bicyclic) bond motifs is 7. The molecule has 6 rings (SSSR count). The highest BCUT2D eigenvalue weighted by Crippen LogP contribution is 2.48. The van der Waals surface area contributed by atoms with Gasteiger partial charge < -0.3 is 4.84 Å². The first-order valence-electron chi connectivity index (χ1n) is 10.1. The number of sulfonamides is 1. The molecule has 32 heavy (non-hydrogen) atoms. The van der Waals surface area contributed by atoms with E-state index in [1.165, 1.54) is 12.3 Å². The van der Waals surface area contributed by atoms with Crippen LogP contribution in [0.5, 0.6) is 5.75 Å². The molecule has 0 saturated heterocycles. The molecule has 0 amide bonds. The van der Waals surface area contributed by atoms with Crippen LogP contribution < -0.4 is 15.0 Å². The van der Waals surface area contributed by atoms with Crippen molar-refractivity contribution < 1.29 is 13.3 Å². The second-order valence-corrected chi connectivity index (χ2v) is 9.23. The maximum Gasteiger partial charge on any atom is 0.263 e. The maximum absolute atomic E-state index is 13.1. The van der Waals surface area contributed by atoms with Gasteiger partial charge in [-0.2, -0.15) is 0 Å². The van der Waals surface area contributed by atoms with Gasteiger partial charge in [0.15, 0.2) is 5.75 Å². The first kappa shape index (κ1) is 18.7. The van der Waals surface area contributed by atoms with E-state index in [-0.39, 0.29) is 4.90 Å². The van der Waals surface area contributed by atoms with Crippen molar-refractivity contribution in [3.63, 3.8) is 0 Å². The van der Waals surface area contributed by atoms with Gasteiger partial charge in [-0.1, -0.05) is 54.6 Å². The molecular weight excluding hydrogens is 422 g/mol. The number of hydrogen-bond acceptors (Lipinski definition) is 5. The van der Waals surface area contributed by atoms with Gasteiger partial charge in [0.05, 0.1) is 11.4 Å². The van der Waals surface area contributed by atoms with E-state index in [0.29, 0.717) is 11.4 Å². The average molecular weight is 439 g/mol. The molecule has 0 aliphatic carbocycles. The third-order valence-corrected chi connectivity index (χ3v) is 7.01. The quantitative estimate of drug-likeness (QED) is 0.384. The summed E-state index contributed by atoms with van der Waals surface area (Å²) < 4.78 is 28.9. The Balaban J connectivity index is 1.63. The number of aromatic nitrogens is 1. The summed E-state index contributed by atoms with van der Waals surface area (Å²) in [6, 6.07) is 24.6. The molecule has 4 aromatic carbocycles. The first-order chi connectivity index (χ1) is 15.6. The highest BCUT2D eigenvalue weighted by Gasteiger charge is 2.25. The molecule has 5 aromatic rings. The lowest BCUT2D eigenvalue weighted by atomic mass is 9.92. The number of rotatable bonds is 3. The van der Waals surface area contributed by atoms with Crippen LogP contribution in [-0.4, -0.2) is 13.4 Å².